The number of fused-ring (bicyclic) bond motifs is 2. The molecule has 0 bridgehead atoms. The van der Waals surface area contributed by atoms with Crippen molar-refractivity contribution in [3.8, 4) is 22.8 Å². The summed E-state index contributed by atoms with van der Waals surface area (Å²) in [6, 6.07) is 18.1. The molecule has 4 aromatic rings. The first-order chi connectivity index (χ1) is 20.6. The second-order valence-corrected chi connectivity index (χ2v) is 11.3. The van der Waals surface area contributed by atoms with Crippen molar-refractivity contribution in [3.63, 3.8) is 0 Å². The third-order valence-corrected chi connectivity index (χ3v) is 8.37. The molecule has 8 nitrogen and oxygen atoms in total. The van der Waals surface area contributed by atoms with Crippen LogP contribution in [0.15, 0.2) is 71.8 Å². The fourth-order valence-electron chi connectivity index (χ4n) is 6.23. The van der Waals surface area contributed by atoms with E-state index in [4.69, 9.17) is 9.47 Å². The lowest BCUT2D eigenvalue weighted by Gasteiger charge is -2.33. The van der Waals surface area contributed by atoms with E-state index >= 15 is 0 Å². The number of halogens is 1. The number of rotatable bonds is 6. The van der Waals surface area contributed by atoms with Gasteiger partial charge in [0.15, 0.2) is 0 Å². The summed E-state index contributed by atoms with van der Waals surface area (Å²) in [6.07, 6.45) is 5.77. The Balaban J connectivity index is 1.04. The lowest BCUT2D eigenvalue weighted by Crippen LogP contribution is -2.38. The van der Waals surface area contributed by atoms with Gasteiger partial charge >= 0.3 is 0 Å². The van der Waals surface area contributed by atoms with Crippen LogP contribution in [0.3, 0.4) is 0 Å². The van der Waals surface area contributed by atoms with Crippen molar-refractivity contribution in [2.45, 2.75) is 31.8 Å². The van der Waals surface area contributed by atoms with Gasteiger partial charge in [0.2, 0.25) is 5.56 Å². The quantitative estimate of drug-likeness (QED) is 0.292. The van der Waals surface area contributed by atoms with Crippen molar-refractivity contribution in [2.75, 3.05) is 49.6 Å². The maximum absolute atomic E-state index is 13.5. The zero-order valence-corrected chi connectivity index (χ0v) is 23.4. The van der Waals surface area contributed by atoms with E-state index in [2.05, 4.69) is 43.3 Å². The highest BCUT2D eigenvalue weighted by atomic mass is 19.1. The van der Waals surface area contributed by atoms with E-state index in [1.807, 2.05) is 24.3 Å². The average Bonchev–Trinajstić information content (AvgIpc) is 3.01. The molecule has 0 saturated carbocycles. The SMILES string of the molecule is O=c1cc(N2CCOCC2)cc(-c2cccc3c2Oc2ccc(NC4CCN(Cc5cncc(F)c5)CC4)cc2C3)[nH]1. The summed E-state index contributed by atoms with van der Waals surface area (Å²) in [5.41, 5.74) is 6.64. The molecule has 2 aromatic carbocycles. The smallest absolute Gasteiger partial charge is 0.250 e. The first-order valence-electron chi connectivity index (χ1n) is 14.7. The Bertz CT molecular complexity index is 1640. The first kappa shape index (κ1) is 26.7. The summed E-state index contributed by atoms with van der Waals surface area (Å²) in [4.78, 5) is 24.2. The van der Waals surface area contributed by atoms with Crippen molar-refractivity contribution < 1.29 is 13.9 Å². The largest absolute Gasteiger partial charge is 0.456 e. The number of H-pyrrole nitrogens is 1. The van der Waals surface area contributed by atoms with Crippen LogP contribution in [0.25, 0.3) is 11.3 Å². The molecule has 216 valence electrons. The fraction of sp³-hybridized carbons (Fsp3) is 0.333. The maximum atomic E-state index is 13.5. The molecule has 0 unspecified atom stereocenters. The van der Waals surface area contributed by atoms with Crippen molar-refractivity contribution in [2.24, 2.45) is 0 Å². The Morgan fingerprint density at radius 2 is 1.83 bits per heavy atom. The van der Waals surface area contributed by atoms with Gasteiger partial charge in [-0.05, 0) is 60.4 Å². The standard InChI is InChI=1S/C33H34FN5O3/c34-25-14-22(19-35-20-25)21-38-8-6-26(7-9-38)36-27-4-5-31-24(16-27)15-23-2-1-3-29(33(23)42-31)30-17-28(18-32(40)37-30)39-10-12-41-13-11-39/h1-5,14,16-20,26,36H,6-13,15,21H2,(H,37,40). The first-order valence-corrected chi connectivity index (χ1v) is 14.7. The molecular formula is C33H34FN5O3. The third kappa shape index (κ3) is 5.75. The Hall–Kier alpha value is -4.21. The molecular weight excluding hydrogens is 533 g/mol. The van der Waals surface area contributed by atoms with E-state index in [0.29, 0.717) is 19.3 Å². The second-order valence-electron chi connectivity index (χ2n) is 11.3. The minimum absolute atomic E-state index is 0.129. The Morgan fingerprint density at radius 1 is 0.976 bits per heavy atom. The number of anilines is 2. The number of likely N-dealkylation sites (tertiary alicyclic amines) is 1. The topological polar surface area (TPSA) is 82.7 Å². The molecule has 0 atom stereocenters. The summed E-state index contributed by atoms with van der Waals surface area (Å²) in [6.45, 7) is 5.48. The minimum atomic E-state index is -0.285. The average molecular weight is 568 g/mol. The van der Waals surface area contributed by atoms with Gasteiger partial charge in [0.05, 0.1) is 25.1 Å². The van der Waals surface area contributed by atoms with Gasteiger partial charge < -0.3 is 24.7 Å². The van der Waals surface area contributed by atoms with Gasteiger partial charge in [-0.15, -0.1) is 0 Å². The number of hydrogen-bond donors (Lipinski definition) is 2. The predicted octanol–water partition coefficient (Wildman–Crippen LogP) is 5.19. The molecule has 0 radical (unpaired) electrons. The highest BCUT2D eigenvalue weighted by molar-refractivity contribution is 5.74. The number of aromatic amines is 1. The summed E-state index contributed by atoms with van der Waals surface area (Å²) < 4.78 is 25.5. The summed E-state index contributed by atoms with van der Waals surface area (Å²) in [5.74, 6) is 1.35. The molecule has 0 spiro atoms. The Kier molecular flexibility index (Phi) is 7.36. The molecule has 9 heteroatoms. The molecule has 2 saturated heterocycles. The van der Waals surface area contributed by atoms with Gasteiger partial charge in [0.1, 0.15) is 17.3 Å². The van der Waals surface area contributed by atoms with Crippen LogP contribution in [0.4, 0.5) is 15.8 Å². The van der Waals surface area contributed by atoms with Crippen molar-refractivity contribution in [3.05, 3.63) is 99.9 Å². The molecule has 5 heterocycles. The van der Waals surface area contributed by atoms with E-state index in [1.54, 1.807) is 18.3 Å². The number of para-hydroxylation sites is 1. The highest BCUT2D eigenvalue weighted by Crippen LogP contribution is 2.43. The normalized spacial score (nSPS) is 17.3. The van der Waals surface area contributed by atoms with Gasteiger partial charge in [-0.1, -0.05) is 12.1 Å². The van der Waals surface area contributed by atoms with E-state index in [0.717, 1.165) is 103 Å². The monoisotopic (exact) mass is 567 g/mol. The minimum Gasteiger partial charge on any atom is -0.456 e. The Labute approximate surface area is 244 Å². The number of benzene rings is 2. The second kappa shape index (κ2) is 11.6. The lowest BCUT2D eigenvalue weighted by atomic mass is 9.95. The zero-order valence-electron chi connectivity index (χ0n) is 23.4. The predicted molar refractivity (Wildman–Crippen MR) is 161 cm³/mol. The number of hydrogen-bond acceptors (Lipinski definition) is 7. The number of morpholine rings is 1. The van der Waals surface area contributed by atoms with E-state index < -0.39 is 0 Å². The van der Waals surface area contributed by atoms with Gasteiger partial charge in [-0.25, -0.2) is 4.39 Å². The van der Waals surface area contributed by atoms with Crippen LogP contribution in [0, 0.1) is 5.82 Å². The van der Waals surface area contributed by atoms with Crippen molar-refractivity contribution >= 4 is 11.4 Å². The number of nitrogens with zero attached hydrogens (tertiary/aromatic N) is 3. The zero-order chi connectivity index (χ0) is 28.5. The number of aromatic nitrogens is 2. The van der Waals surface area contributed by atoms with Gasteiger partial charge in [-0.2, -0.15) is 0 Å². The summed E-state index contributed by atoms with van der Waals surface area (Å²) in [7, 11) is 0. The molecule has 2 N–H and O–H groups in total. The molecule has 3 aliphatic heterocycles. The van der Waals surface area contributed by atoms with Gasteiger partial charge in [0.25, 0.3) is 0 Å². The molecule has 2 aromatic heterocycles. The summed E-state index contributed by atoms with van der Waals surface area (Å²) in [5, 5.41) is 3.72. The van der Waals surface area contributed by atoms with Gasteiger partial charge in [0, 0.05) is 80.0 Å². The molecule has 0 aliphatic carbocycles. The lowest BCUT2D eigenvalue weighted by molar-refractivity contribution is 0.122. The molecule has 2 fully saturated rings. The summed E-state index contributed by atoms with van der Waals surface area (Å²) >= 11 is 0. The van der Waals surface area contributed by atoms with E-state index in [-0.39, 0.29) is 11.4 Å². The van der Waals surface area contributed by atoms with Gasteiger partial charge in [-0.3, -0.25) is 14.7 Å². The van der Waals surface area contributed by atoms with E-state index in [9.17, 15) is 9.18 Å². The van der Waals surface area contributed by atoms with Crippen molar-refractivity contribution in [1.82, 2.24) is 14.9 Å². The molecule has 7 rings (SSSR count). The van der Waals surface area contributed by atoms with Crippen LogP contribution >= 0.6 is 0 Å². The van der Waals surface area contributed by atoms with Crippen LogP contribution in [-0.2, 0) is 17.7 Å². The van der Waals surface area contributed by atoms with Crippen molar-refractivity contribution in [1.29, 1.82) is 0 Å². The third-order valence-electron chi connectivity index (χ3n) is 8.37. The van der Waals surface area contributed by atoms with Crippen LogP contribution in [0.1, 0.15) is 29.5 Å². The van der Waals surface area contributed by atoms with Crippen LogP contribution < -0.4 is 20.5 Å². The molecule has 42 heavy (non-hydrogen) atoms. The number of pyridine rings is 2. The Morgan fingerprint density at radius 3 is 2.67 bits per heavy atom. The highest BCUT2D eigenvalue weighted by Gasteiger charge is 2.24. The molecule has 3 aliphatic rings. The number of ether oxygens (including phenoxy) is 2. The number of nitrogens with one attached hydrogen (secondary N) is 2. The number of piperidine rings is 1. The van der Waals surface area contributed by atoms with Crippen LogP contribution in [-0.4, -0.2) is 60.3 Å². The van der Waals surface area contributed by atoms with Crippen LogP contribution in [0.2, 0.25) is 0 Å². The van der Waals surface area contributed by atoms with E-state index in [1.165, 1.54) is 6.20 Å². The maximum Gasteiger partial charge on any atom is 0.250 e. The molecule has 0 amide bonds. The fourth-order valence-corrected chi connectivity index (χ4v) is 6.23. The van der Waals surface area contributed by atoms with Crippen LogP contribution in [0.5, 0.6) is 11.5 Å².